The zero-order valence-electron chi connectivity index (χ0n) is 15.6. The number of aromatic nitrogens is 1. The molecule has 4 rings (SSSR count). The van der Waals surface area contributed by atoms with Crippen molar-refractivity contribution < 1.29 is 9.59 Å². The third kappa shape index (κ3) is 3.93. The molecule has 1 aromatic heterocycles. The summed E-state index contributed by atoms with van der Waals surface area (Å²) in [5, 5.41) is 5.82. The van der Waals surface area contributed by atoms with Crippen LogP contribution in [0.5, 0.6) is 0 Å². The maximum absolute atomic E-state index is 12.8. The summed E-state index contributed by atoms with van der Waals surface area (Å²) in [5.74, 6) is -0.441. The molecule has 28 heavy (non-hydrogen) atoms. The van der Waals surface area contributed by atoms with Gasteiger partial charge < -0.3 is 10.6 Å². The first-order valence-corrected chi connectivity index (χ1v) is 9.36. The monoisotopic (exact) mass is 371 g/mol. The van der Waals surface area contributed by atoms with Gasteiger partial charge in [0.15, 0.2) is 0 Å². The molecule has 2 N–H and O–H groups in total. The van der Waals surface area contributed by atoms with Gasteiger partial charge >= 0.3 is 0 Å². The van der Waals surface area contributed by atoms with Gasteiger partial charge in [-0.1, -0.05) is 42.5 Å². The molecule has 0 saturated heterocycles. The summed E-state index contributed by atoms with van der Waals surface area (Å²) in [6.45, 7) is 1.81. The Morgan fingerprint density at radius 2 is 1.57 bits per heavy atom. The summed E-state index contributed by atoms with van der Waals surface area (Å²) < 4.78 is 0. The van der Waals surface area contributed by atoms with Crippen molar-refractivity contribution in [3.8, 4) is 11.3 Å². The second-order valence-electron chi connectivity index (χ2n) is 6.94. The SMILES string of the molecule is Cc1nc(-c2ccccc2)ccc1C(=O)Nc1ccccc1C(=O)NC1CC1. The highest BCUT2D eigenvalue weighted by Gasteiger charge is 2.25. The van der Waals surface area contributed by atoms with E-state index in [0.717, 1.165) is 24.1 Å². The molecular formula is C23H21N3O2. The number of hydrogen-bond acceptors (Lipinski definition) is 3. The van der Waals surface area contributed by atoms with E-state index in [9.17, 15) is 9.59 Å². The molecule has 2 amide bonds. The lowest BCUT2D eigenvalue weighted by Gasteiger charge is -2.12. The minimum absolute atomic E-state index is 0.160. The van der Waals surface area contributed by atoms with Crippen molar-refractivity contribution in [1.29, 1.82) is 0 Å². The molecule has 1 aliphatic carbocycles. The molecule has 1 aliphatic rings. The average Bonchev–Trinajstić information content (AvgIpc) is 3.53. The van der Waals surface area contributed by atoms with E-state index in [1.807, 2.05) is 43.3 Å². The van der Waals surface area contributed by atoms with Gasteiger partial charge in [-0.05, 0) is 44.0 Å². The van der Waals surface area contributed by atoms with Gasteiger partial charge in [0.1, 0.15) is 0 Å². The number of nitrogens with zero attached hydrogens (tertiary/aromatic N) is 1. The number of rotatable bonds is 5. The van der Waals surface area contributed by atoms with Gasteiger partial charge in [-0.2, -0.15) is 0 Å². The third-order valence-electron chi connectivity index (χ3n) is 4.73. The molecule has 0 radical (unpaired) electrons. The maximum atomic E-state index is 12.8. The fraction of sp³-hybridized carbons (Fsp3) is 0.174. The highest BCUT2D eigenvalue weighted by atomic mass is 16.2. The van der Waals surface area contributed by atoms with Crippen molar-refractivity contribution in [2.75, 3.05) is 5.32 Å². The number of hydrogen-bond donors (Lipinski definition) is 2. The number of para-hydroxylation sites is 1. The predicted octanol–water partition coefficient (Wildman–Crippen LogP) is 4.20. The topological polar surface area (TPSA) is 71.1 Å². The molecule has 1 fully saturated rings. The number of anilines is 1. The molecule has 140 valence electrons. The Kier molecular flexibility index (Phi) is 4.89. The van der Waals surface area contributed by atoms with Gasteiger partial charge in [-0.25, -0.2) is 0 Å². The summed E-state index contributed by atoms with van der Waals surface area (Å²) in [7, 11) is 0. The Morgan fingerprint density at radius 1 is 0.857 bits per heavy atom. The highest BCUT2D eigenvalue weighted by molar-refractivity contribution is 6.09. The Labute approximate surface area is 163 Å². The highest BCUT2D eigenvalue weighted by Crippen LogP contribution is 2.23. The Balaban J connectivity index is 1.55. The van der Waals surface area contributed by atoms with Gasteiger partial charge in [0.25, 0.3) is 11.8 Å². The smallest absolute Gasteiger partial charge is 0.257 e. The molecule has 5 heteroatoms. The van der Waals surface area contributed by atoms with Crippen molar-refractivity contribution in [2.24, 2.45) is 0 Å². The number of carbonyl (C=O) groups excluding carboxylic acids is 2. The molecule has 0 unspecified atom stereocenters. The number of carbonyl (C=O) groups is 2. The summed E-state index contributed by atoms with van der Waals surface area (Å²) in [5.41, 5.74) is 3.90. The minimum atomic E-state index is -0.281. The molecule has 0 spiro atoms. The zero-order chi connectivity index (χ0) is 19.5. The van der Waals surface area contributed by atoms with Crippen LogP contribution in [0.4, 0.5) is 5.69 Å². The molecule has 0 aliphatic heterocycles. The number of benzene rings is 2. The molecule has 1 saturated carbocycles. The zero-order valence-corrected chi connectivity index (χ0v) is 15.6. The maximum Gasteiger partial charge on any atom is 0.257 e. The van der Waals surface area contributed by atoms with E-state index in [0.29, 0.717) is 22.5 Å². The van der Waals surface area contributed by atoms with E-state index in [1.54, 1.807) is 30.3 Å². The molecule has 0 bridgehead atoms. The lowest BCUT2D eigenvalue weighted by Crippen LogP contribution is -2.27. The van der Waals surface area contributed by atoms with Gasteiger partial charge in [0, 0.05) is 11.6 Å². The van der Waals surface area contributed by atoms with Gasteiger partial charge in [0.2, 0.25) is 0 Å². The van der Waals surface area contributed by atoms with Crippen molar-refractivity contribution in [3.05, 3.63) is 83.6 Å². The van der Waals surface area contributed by atoms with E-state index in [-0.39, 0.29) is 17.9 Å². The van der Waals surface area contributed by atoms with Crippen LogP contribution in [0.1, 0.15) is 39.3 Å². The fourth-order valence-corrected chi connectivity index (χ4v) is 3.04. The van der Waals surface area contributed by atoms with Gasteiger partial charge in [0.05, 0.1) is 28.2 Å². The quantitative estimate of drug-likeness (QED) is 0.706. The molecule has 1 heterocycles. The summed E-state index contributed by atoms with van der Waals surface area (Å²) in [4.78, 5) is 29.8. The summed E-state index contributed by atoms with van der Waals surface area (Å²) in [6.07, 6.45) is 2.03. The second kappa shape index (κ2) is 7.64. The van der Waals surface area contributed by atoms with E-state index in [4.69, 9.17) is 0 Å². The van der Waals surface area contributed by atoms with E-state index < -0.39 is 0 Å². The molecule has 0 atom stereocenters. The molecule has 5 nitrogen and oxygen atoms in total. The predicted molar refractivity (Wildman–Crippen MR) is 109 cm³/mol. The van der Waals surface area contributed by atoms with E-state index >= 15 is 0 Å². The second-order valence-corrected chi connectivity index (χ2v) is 6.94. The first-order chi connectivity index (χ1) is 13.6. The van der Waals surface area contributed by atoms with E-state index in [1.165, 1.54) is 0 Å². The lowest BCUT2D eigenvalue weighted by atomic mass is 10.1. The van der Waals surface area contributed by atoms with Crippen LogP contribution in [-0.4, -0.2) is 22.8 Å². The normalized spacial score (nSPS) is 13.0. The van der Waals surface area contributed by atoms with Gasteiger partial charge in [-0.3, -0.25) is 14.6 Å². The first kappa shape index (κ1) is 17.9. The molecule has 2 aromatic carbocycles. The van der Waals surface area contributed by atoms with Crippen LogP contribution < -0.4 is 10.6 Å². The van der Waals surface area contributed by atoms with Crippen LogP contribution in [0.25, 0.3) is 11.3 Å². The number of aryl methyl sites for hydroxylation is 1. The Bertz CT molecular complexity index is 1030. The van der Waals surface area contributed by atoms with Crippen LogP contribution >= 0.6 is 0 Å². The first-order valence-electron chi connectivity index (χ1n) is 9.36. The number of pyridine rings is 1. The van der Waals surface area contributed by atoms with Crippen LogP contribution in [0.2, 0.25) is 0 Å². The number of amides is 2. The molecular weight excluding hydrogens is 350 g/mol. The standard InChI is InChI=1S/C23H21N3O2/c1-15-18(13-14-20(24-15)16-7-3-2-4-8-16)22(27)26-21-10-6-5-9-19(21)23(28)25-17-11-12-17/h2-10,13-14,17H,11-12H2,1H3,(H,25,28)(H,26,27). The van der Waals surface area contributed by atoms with Crippen molar-refractivity contribution in [3.63, 3.8) is 0 Å². The van der Waals surface area contributed by atoms with Crippen molar-refractivity contribution in [1.82, 2.24) is 10.3 Å². The lowest BCUT2D eigenvalue weighted by molar-refractivity contribution is 0.0952. The van der Waals surface area contributed by atoms with Crippen molar-refractivity contribution in [2.45, 2.75) is 25.8 Å². The number of nitrogens with one attached hydrogen (secondary N) is 2. The van der Waals surface area contributed by atoms with Crippen LogP contribution in [0, 0.1) is 6.92 Å². The van der Waals surface area contributed by atoms with Crippen LogP contribution in [-0.2, 0) is 0 Å². The largest absolute Gasteiger partial charge is 0.349 e. The van der Waals surface area contributed by atoms with E-state index in [2.05, 4.69) is 15.6 Å². The molecule has 3 aromatic rings. The minimum Gasteiger partial charge on any atom is -0.349 e. The Morgan fingerprint density at radius 3 is 2.29 bits per heavy atom. The summed E-state index contributed by atoms with van der Waals surface area (Å²) >= 11 is 0. The Hall–Kier alpha value is -3.47. The van der Waals surface area contributed by atoms with Gasteiger partial charge in [-0.15, -0.1) is 0 Å². The van der Waals surface area contributed by atoms with Crippen molar-refractivity contribution >= 4 is 17.5 Å². The third-order valence-corrected chi connectivity index (χ3v) is 4.73. The summed E-state index contributed by atoms with van der Waals surface area (Å²) in [6, 6.07) is 20.7. The fourth-order valence-electron chi connectivity index (χ4n) is 3.04. The average molecular weight is 371 g/mol. The van der Waals surface area contributed by atoms with Crippen LogP contribution in [0.3, 0.4) is 0 Å². The van der Waals surface area contributed by atoms with Crippen LogP contribution in [0.15, 0.2) is 66.7 Å².